The minimum Gasteiger partial charge on any atom is -0.393 e. The number of hydrazine groups is 1. The third-order valence-electron chi connectivity index (χ3n) is 7.40. The van der Waals surface area contributed by atoms with Gasteiger partial charge in [0.2, 0.25) is 23.6 Å². The molecule has 13 nitrogen and oxygen atoms in total. The van der Waals surface area contributed by atoms with Gasteiger partial charge in [-0.1, -0.05) is 31.2 Å². The summed E-state index contributed by atoms with van der Waals surface area (Å²) in [5.74, 6) is -2.42. The van der Waals surface area contributed by atoms with Gasteiger partial charge in [0.1, 0.15) is 12.1 Å². The van der Waals surface area contributed by atoms with Crippen LogP contribution in [0, 0.1) is 0 Å². The Hall–Kier alpha value is -4.20. The van der Waals surface area contributed by atoms with Gasteiger partial charge in [-0.25, -0.2) is 0 Å². The first kappa shape index (κ1) is 34.3. The Labute approximate surface area is 257 Å². The molecule has 0 spiro atoms. The number of anilines is 2. The van der Waals surface area contributed by atoms with E-state index in [2.05, 4.69) is 39.0 Å². The molecule has 1 heterocycles. The van der Waals surface area contributed by atoms with Crippen LogP contribution in [-0.4, -0.2) is 81.9 Å². The van der Waals surface area contributed by atoms with Crippen molar-refractivity contribution < 1.29 is 34.5 Å². The van der Waals surface area contributed by atoms with Gasteiger partial charge < -0.3 is 47.4 Å². The van der Waals surface area contributed by atoms with Crippen LogP contribution < -0.4 is 32.1 Å². The van der Waals surface area contributed by atoms with Crippen molar-refractivity contribution >= 4 is 35.0 Å². The molecule has 2 aromatic rings. The normalized spacial score (nSPS) is 22.6. The molecule has 9 N–H and O–H groups in total. The molecule has 1 aliphatic rings. The van der Waals surface area contributed by atoms with E-state index in [0.29, 0.717) is 5.56 Å². The molecule has 0 radical (unpaired) electrons. The van der Waals surface area contributed by atoms with E-state index in [-0.39, 0.29) is 32.2 Å². The quantitative estimate of drug-likeness (QED) is 0.167. The Bertz CT molecular complexity index is 1260. The Morgan fingerprint density at radius 3 is 2.14 bits per heavy atom. The standard InChI is InChI=1S/C31H44N6O7/c1-4-20-5-9-22(10-6-20)36-37-23-11-7-21(8-12-23)15-28(42)35-29(19(3)38)31(44)34-25-16-24(39)13-14-32-27(41)17-26(40)18(2)33-30(25)43/h5-12,18-19,24-26,29,36-40H,4,13-17H2,1-3H3,(H,32,41)(H,33,43)(H,34,44)(H,35,42)/t18-,19+,24-,25-,26+,29-/m0/s1. The highest BCUT2D eigenvalue weighted by Crippen LogP contribution is 2.14. The zero-order valence-corrected chi connectivity index (χ0v) is 25.3. The topological polar surface area (TPSA) is 201 Å². The molecule has 4 amide bonds. The molecule has 1 saturated heterocycles. The van der Waals surface area contributed by atoms with Crippen LogP contribution in [0.2, 0.25) is 0 Å². The third-order valence-corrected chi connectivity index (χ3v) is 7.40. The minimum absolute atomic E-state index is 0.0631. The smallest absolute Gasteiger partial charge is 0.245 e. The van der Waals surface area contributed by atoms with Crippen LogP contribution in [0.25, 0.3) is 0 Å². The van der Waals surface area contributed by atoms with Gasteiger partial charge in [0.05, 0.1) is 48.6 Å². The van der Waals surface area contributed by atoms with Crippen LogP contribution in [0.5, 0.6) is 0 Å². The summed E-state index contributed by atoms with van der Waals surface area (Å²) in [6.07, 6.45) is -2.91. The highest BCUT2D eigenvalue weighted by Gasteiger charge is 2.32. The highest BCUT2D eigenvalue weighted by molar-refractivity contribution is 5.93. The lowest BCUT2D eigenvalue weighted by Crippen LogP contribution is -2.59. The molecule has 13 heteroatoms. The number of carbonyl (C=O) groups is 4. The number of benzene rings is 2. The third kappa shape index (κ3) is 10.8. The van der Waals surface area contributed by atoms with Gasteiger partial charge in [-0.2, -0.15) is 0 Å². The average molecular weight is 613 g/mol. The fourth-order valence-electron chi connectivity index (χ4n) is 4.61. The molecule has 0 bridgehead atoms. The molecule has 1 aliphatic heterocycles. The second-order valence-electron chi connectivity index (χ2n) is 11.1. The van der Waals surface area contributed by atoms with Crippen LogP contribution in [-0.2, 0) is 32.0 Å². The molecule has 3 rings (SSSR count). The van der Waals surface area contributed by atoms with Gasteiger partial charge in [0, 0.05) is 13.0 Å². The van der Waals surface area contributed by atoms with Crippen molar-refractivity contribution in [2.75, 3.05) is 17.4 Å². The zero-order chi connectivity index (χ0) is 32.2. The maximum Gasteiger partial charge on any atom is 0.245 e. The molecule has 2 aromatic carbocycles. The van der Waals surface area contributed by atoms with Crippen molar-refractivity contribution in [2.24, 2.45) is 0 Å². The molecule has 0 aromatic heterocycles. The number of aliphatic hydroxyl groups is 3. The molecular weight excluding hydrogens is 568 g/mol. The second kappa shape index (κ2) is 16.6. The van der Waals surface area contributed by atoms with Crippen LogP contribution in [0.4, 0.5) is 11.4 Å². The number of nitrogens with one attached hydrogen (secondary N) is 6. The van der Waals surface area contributed by atoms with Crippen molar-refractivity contribution in [3.05, 3.63) is 59.7 Å². The molecule has 0 aliphatic carbocycles. The fourth-order valence-corrected chi connectivity index (χ4v) is 4.61. The molecule has 1 fully saturated rings. The predicted octanol–water partition coefficient (Wildman–Crippen LogP) is 0.108. The van der Waals surface area contributed by atoms with E-state index in [9.17, 15) is 34.5 Å². The Kier molecular flexibility index (Phi) is 12.9. The van der Waals surface area contributed by atoms with Crippen molar-refractivity contribution in [2.45, 2.75) is 89.3 Å². The van der Waals surface area contributed by atoms with Crippen molar-refractivity contribution in [1.29, 1.82) is 0 Å². The van der Waals surface area contributed by atoms with Crippen LogP contribution in [0.3, 0.4) is 0 Å². The van der Waals surface area contributed by atoms with Crippen LogP contribution in [0.1, 0.15) is 51.2 Å². The molecule has 0 unspecified atom stereocenters. The summed E-state index contributed by atoms with van der Waals surface area (Å²) in [6, 6.07) is 11.7. The number of hydrogen-bond donors (Lipinski definition) is 9. The first-order valence-corrected chi connectivity index (χ1v) is 14.9. The summed E-state index contributed by atoms with van der Waals surface area (Å²) in [4.78, 5) is 50.9. The van der Waals surface area contributed by atoms with E-state index in [1.165, 1.54) is 19.4 Å². The number of hydrogen-bond acceptors (Lipinski definition) is 9. The van der Waals surface area contributed by atoms with E-state index in [0.717, 1.165) is 17.8 Å². The molecule has 44 heavy (non-hydrogen) atoms. The van der Waals surface area contributed by atoms with E-state index in [1.807, 2.05) is 24.3 Å². The number of carbonyl (C=O) groups excluding carboxylic acids is 4. The summed E-state index contributed by atoms with van der Waals surface area (Å²) in [5.41, 5.74) is 9.80. The van der Waals surface area contributed by atoms with Gasteiger partial charge in [-0.05, 0) is 62.1 Å². The second-order valence-corrected chi connectivity index (χ2v) is 11.1. The lowest BCUT2D eigenvalue weighted by atomic mass is 10.0. The van der Waals surface area contributed by atoms with Gasteiger partial charge in [-0.15, -0.1) is 0 Å². The lowest BCUT2D eigenvalue weighted by Gasteiger charge is -2.28. The Balaban J connectivity index is 1.58. The molecule has 0 saturated carbocycles. The first-order valence-electron chi connectivity index (χ1n) is 14.9. The number of amides is 4. The van der Waals surface area contributed by atoms with Gasteiger partial charge in [-0.3, -0.25) is 19.2 Å². The first-order chi connectivity index (χ1) is 20.9. The fraction of sp³-hybridized carbons (Fsp3) is 0.484. The number of aryl methyl sites for hydroxylation is 1. The van der Waals surface area contributed by atoms with E-state index in [1.54, 1.807) is 24.3 Å². The summed E-state index contributed by atoms with van der Waals surface area (Å²) < 4.78 is 0. The van der Waals surface area contributed by atoms with Gasteiger partial charge in [0.15, 0.2) is 0 Å². The predicted molar refractivity (Wildman–Crippen MR) is 165 cm³/mol. The lowest BCUT2D eigenvalue weighted by molar-refractivity contribution is -0.135. The minimum atomic E-state index is -1.37. The monoisotopic (exact) mass is 612 g/mol. The van der Waals surface area contributed by atoms with Gasteiger partial charge in [0.25, 0.3) is 0 Å². The van der Waals surface area contributed by atoms with Crippen molar-refractivity contribution in [3.8, 4) is 0 Å². The summed E-state index contributed by atoms with van der Waals surface area (Å²) in [7, 11) is 0. The van der Waals surface area contributed by atoms with E-state index in [4.69, 9.17) is 0 Å². The largest absolute Gasteiger partial charge is 0.393 e. The SMILES string of the molecule is CCc1ccc(NNc2ccc(CC(=O)N[C@H](C(=O)N[C@H]3C[C@@H](O)CCNC(=O)C[C@@H](O)[C@H](C)NC3=O)[C@@H](C)O)cc2)cc1. The van der Waals surface area contributed by atoms with Crippen molar-refractivity contribution in [1.82, 2.24) is 21.3 Å². The van der Waals surface area contributed by atoms with E-state index < -0.39 is 60.1 Å². The molecule has 6 atom stereocenters. The molecule has 240 valence electrons. The maximum absolute atomic E-state index is 13.2. The Morgan fingerprint density at radius 1 is 0.977 bits per heavy atom. The summed E-state index contributed by atoms with van der Waals surface area (Å²) in [6.45, 7) is 5.07. The highest BCUT2D eigenvalue weighted by atomic mass is 16.3. The average Bonchev–Trinajstić information content (AvgIpc) is 2.98. The van der Waals surface area contributed by atoms with Gasteiger partial charge >= 0.3 is 0 Å². The number of rotatable bonds is 10. The Morgan fingerprint density at radius 2 is 1.57 bits per heavy atom. The number of aliphatic hydroxyl groups excluding tert-OH is 3. The molecular formula is C31H44N6O7. The summed E-state index contributed by atoms with van der Waals surface area (Å²) in [5, 5.41) is 41.2. The van der Waals surface area contributed by atoms with Crippen LogP contribution >= 0.6 is 0 Å². The summed E-state index contributed by atoms with van der Waals surface area (Å²) >= 11 is 0. The zero-order valence-electron chi connectivity index (χ0n) is 25.3. The maximum atomic E-state index is 13.2. The van der Waals surface area contributed by atoms with E-state index >= 15 is 0 Å². The van der Waals surface area contributed by atoms with Crippen LogP contribution in [0.15, 0.2) is 48.5 Å². The van der Waals surface area contributed by atoms with Crippen molar-refractivity contribution in [3.63, 3.8) is 0 Å².